The molecule has 0 bridgehead atoms. The number of hydrogen-bond acceptors (Lipinski definition) is 5. The van der Waals surface area contributed by atoms with Crippen LogP contribution in [0, 0.1) is 0 Å². The van der Waals surface area contributed by atoms with E-state index in [-0.39, 0.29) is 42.8 Å². The normalized spacial score (nSPS) is 15.5. The molecule has 0 saturated carbocycles. The van der Waals surface area contributed by atoms with Crippen LogP contribution in [0.5, 0.6) is 0 Å². The predicted molar refractivity (Wildman–Crippen MR) is 42.6 cm³/mol. The molecule has 0 aromatic rings. The summed E-state index contributed by atoms with van der Waals surface area (Å²) < 4.78 is 23.7. The molecule has 3 nitrogen and oxygen atoms in total. The van der Waals surface area contributed by atoms with Gasteiger partial charge in [-0.25, -0.2) is 4.21 Å². The molecule has 58 valence electrons. The Morgan fingerprint density at radius 2 is 2.30 bits per heavy atom. The average molecular weight is 211 g/mol. The second-order valence-electron chi connectivity index (χ2n) is 1.33. The second-order valence-corrected chi connectivity index (χ2v) is 3.06. The van der Waals surface area contributed by atoms with Crippen LogP contribution >= 0.6 is 25.3 Å². The number of rotatable bonds is 4. The first kappa shape index (κ1) is 14.3. The predicted octanol–water partition coefficient (Wildman–Crippen LogP) is -2.86. The van der Waals surface area contributed by atoms with E-state index in [0.717, 1.165) is 0 Å². The molecule has 0 N–H and O–H groups in total. The number of hydrogen-bond donors (Lipinski definition) is 2. The van der Waals surface area contributed by atoms with E-state index in [1.165, 1.54) is 0 Å². The maximum atomic E-state index is 9.74. The molecule has 2 atom stereocenters. The molecule has 2 unspecified atom stereocenters. The molecular formula is C3H8NaO3S3-. The Bertz CT molecular complexity index is 106. The van der Waals surface area contributed by atoms with Gasteiger partial charge in [0.05, 0.1) is 18.0 Å². The molecule has 0 aliphatic rings. The molecule has 0 aromatic heterocycles. The molecule has 0 spiro atoms. The Kier molecular flexibility index (Phi) is 12.7. The second kappa shape index (κ2) is 8.86. The fraction of sp³-hybridized carbons (Fsp3) is 1.00. The summed E-state index contributed by atoms with van der Waals surface area (Å²) in [4.78, 5) is 0. The van der Waals surface area contributed by atoms with Gasteiger partial charge >= 0.3 is 29.6 Å². The van der Waals surface area contributed by atoms with E-state index in [4.69, 9.17) is 0 Å². The molecule has 0 saturated heterocycles. The van der Waals surface area contributed by atoms with Crippen molar-refractivity contribution in [3.63, 3.8) is 0 Å². The van der Waals surface area contributed by atoms with Crippen molar-refractivity contribution in [2.24, 2.45) is 0 Å². The van der Waals surface area contributed by atoms with Crippen molar-refractivity contribution in [2.75, 3.05) is 12.4 Å². The van der Waals surface area contributed by atoms with Gasteiger partial charge in [-0.2, -0.15) is 25.3 Å². The third-order valence-electron chi connectivity index (χ3n) is 0.567. The first-order valence-electron chi connectivity index (χ1n) is 2.18. The molecule has 0 heterocycles. The van der Waals surface area contributed by atoms with Gasteiger partial charge in [0.15, 0.2) is 0 Å². The summed E-state index contributed by atoms with van der Waals surface area (Å²) >= 11 is 5.37. The van der Waals surface area contributed by atoms with E-state index in [1.807, 2.05) is 0 Å². The van der Waals surface area contributed by atoms with Gasteiger partial charge in [-0.3, -0.25) is 4.18 Å². The monoisotopic (exact) mass is 211 g/mol. The fourth-order valence-electron chi connectivity index (χ4n) is 0.187. The molecule has 0 aliphatic heterocycles. The first-order valence-corrected chi connectivity index (χ1v) is 4.33. The van der Waals surface area contributed by atoms with E-state index < -0.39 is 11.4 Å². The summed E-state index contributed by atoms with van der Waals surface area (Å²) in [6, 6.07) is 0. The fourth-order valence-corrected chi connectivity index (χ4v) is 0.743. The van der Waals surface area contributed by atoms with Crippen LogP contribution in [-0.2, 0) is 15.5 Å². The Morgan fingerprint density at radius 1 is 1.80 bits per heavy atom. The van der Waals surface area contributed by atoms with Crippen LogP contribution in [-0.4, -0.2) is 26.4 Å². The molecule has 0 radical (unpaired) electrons. The van der Waals surface area contributed by atoms with Crippen LogP contribution in [0.2, 0.25) is 0 Å². The van der Waals surface area contributed by atoms with Crippen molar-refractivity contribution in [1.82, 2.24) is 0 Å². The van der Waals surface area contributed by atoms with Crippen molar-refractivity contribution in [2.45, 2.75) is 5.25 Å². The summed E-state index contributed by atoms with van der Waals surface area (Å²) in [5.41, 5.74) is 0. The van der Waals surface area contributed by atoms with Gasteiger partial charge in [0.2, 0.25) is 0 Å². The van der Waals surface area contributed by atoms with Crippen LogP contribution in [0.3, 0.4) is 0 Å². The quantitative estimate of drug-likeness (QED) is 0.299. The average Bonchev–Trinajstić information content (AvgIpc) is 1.83. The Hall–Kier alpha value is 1.77. The van der Waals surface area contributed by atoms with E-state index in [1.54, 1.807) is 0 Å². The number of thiol groups is 2. The van der Waals surface area contributed by atoms with Crippen LogP contribution in [0.25, 0.3) is 0 Å². The summed E-state index contributed by atoms with van der Waals surface area (Å²) in [6.45, 7) is 0.0860. The summed E-state index contributed by atoms with van der Waals surface area (Å²) in [7, 11) is 0. The van der Waals surface area contributed by atoms with Gasteiger partial charge in [-0.05, 0) is 0 Å². The SMILES string of the molecule is O=S([O-])OCC(S)CS.[H-].[Na+]. The largest absolute Gasteiger partial charge is 1.00 e. The van der Waals surface area contributed by atoms with E-state index in [2.05, 4.69) is 29.4 Å². The maximum absolute atomic E-state index is 9.74. The maximum Gasteiger partial charge on any atom is 1.00 e. The summed E-state index contributed by atoms with van der Waals surface area (Å²) in [5.74, 6) is 0.500. The van der Waals surface area contributed by atoms with E-state index in [0.29, 0.717) is 5.75 Å². The minimum absolute atomic E-state index is 0. The minimum atomic E-state index is -2.42. The zero-order valence-electron chi connectivity index (χ0n) is 6.52. The van der Waals surface area contributed by atoms with Crippen LogP contribution in [0.1, 0.15) is 1.43 Å². The molecule has 0 amide bonds. The molecule has 0 aliphatic carbocycles. The molecular weight excluding hydrogens is 203 g/mol. The van der Waals surface area contributed by atoms with Gasteiger partial charge < -0.3 is 5.98 Å². The summed E-state index contributed by atoms with van der Waals surface area (Å²) in [6.07, 6.45) is 0. The van der Waals surface area contributed by atoms with Crippen LogP contribution in [0.4, 0.5) is 0 Å². The molecule has 0 rings (SSSR count). The van der Waals surface area contributed by atoms with Crippen LogP contribution < -0.4 is 29.6 Å². The summed E-state index contributed by atoms with van der Waals surface area (Å²) in [5, 5.41) is -0.119. The van der Waals surface area contributed by atoms with Crippen molar-refractivity contribution >= 4 is 36.6 Å². The van der Waals surface area contributed by atoms with Gasteiger partial charge in [0, 0.05) is 11.0 Å². The molecule has 0 aromatic carbocycles. The minimum Gasteiger partial charge on any atom is -1.00 e. The third kappa shape index (κ3) is 9.77. The third-order valence-corrected chi connectivity index (χ3v) is 1.96. The van der Waals surface area contributed by atoms with Gasteiger partial charge in [0.25, 0.3) is 0 Å². The Labute approximate surface area is 97.4 Å². The van der Waals surface area contributed by atoms with Crippen molar-refractivity contribution in [1.29, 1.82) is 0 Å². The van der Waals surface area contributed by atoms with E-state index in [9.17, 15) is 8.76 Å². The van der Waals surface area contributed by atoms with Gasteiger partial charge in [0.1, 0.15) is 0 Å². The zero-order chi connectivity index (χ0) is 7.28. The Balaban J connectivity index is -0.000000320. The van der Waals surface area contributed by atoms with Crippen molar-refractivity contribution in [3.8, 4) is 0 Å². The van der Waals surface area contributed by atoms with Crippen LogP contribution in [0.15, 0.2) is 0 Å². The molecule has 0 fully saturated rings. The van der Waals surface area contributed by atoms with E-state index >= 15 is 0 Å². The molecule has 10 heavy (non-hydrogen) atoms. The van der Waals surface area contributed by atoms with Crippen molar-refractivity contribution in [3.05, 3.63) is 0 Å². The topological polar surface area (TPSA) is 49.4 Å². The Morgan fingerprint density at radius 3 is 2.60 bits per heavy atom. The van der Waals surface area contributed by atoms with Gasteiger partial charge in [-0.1, -0.05) is 0 Å². The molecule has 7 heteroatoms. The smallest absolute Gasteiger partial charge is 1.00 e. The standard InChI is InChI=1S/C3H8O3S3.Na.H/c4-9(5)6-1-3(8)2-7;;/h3,7-8H,1-2H2,(H,4,5);;/q;+1;-1/p-1. The zero-order valence-corrected chi connectivity index (χ0v) is 10.1. The first-order chi connectivity index (χ1) is 4.16. The van der Waals surface area contributed by atoms with Crippen molar-refractivity contribution < 1.29 is 43.9 Å². The van der Waals surface area contributed by atoms with Gasteiger partial charge in [-0.15, -0.1) is 0 Å².